The lowest BCUT2D eigenvalue weighted by Gasteiger charge is -2.05. The van der Waals surface area contributed by atoms with E-state index in [1.807, 2.05) is 0 Å². The van der Waals surface area contributed by atoms with E-state index >= 15 is 0 Å². The summed E-state index contributed by atoms with van der Waals surface area (Å²) in [7, 11) is 0. The molecular formula is C19H32O2. The minimum Gasteiger partial charge on any atom is -0.394 e. The molecule has 120 valence electrons. The van der Waals surface area contributed by atoms with Gasteiger partial charge in [0.1, 0.15) is 0 Å². The first-order valence-corrected chi connectivity index (χ1v) is 8.63. The molecule has 0 aliphatic carbocycles. The first-order valence-electron chi connectivity index (χ1n) is 8.63. The Morgan fingerprint density at radius 1 is 0.762 bits per heavy atom. The number of hydrogen-bond acceptors (Lipinski definition) is 2. The van der Waals surface area contributed by atoms with Gasteiger partial charge in [-0.05, 0) is 30.4 Å². The van der Waals surface area contributed by atoms with Crippen molar-refractivity contribution in [2.75, 3.05) is 19.8 Å². The monoisotopic (exact) mass is 292 g/mol. The summed E-state index contributed by atoms with van der Waals surface area (Å²) < 4.78 is 5.29. The maximum atomic E-state index is 8.64. The highest BCUT2D eigenvalue weighted by atomic mass is 16.5. The average molecular weight is 292 g/mol. The molecular weight excluding hydrogens is 260 g/mol. The maximum absolute atomic E-state index is 8.64. The Morgan fingerprint density at radius 2 is 1.33 bits per heavy atom. The van der Waals surface area contributed by atoms with Gasteiger partial charge in [-0.15, -0.1) is 0 Å². The Bertz CT molecular complexity index is 332. The molecule has 21 heavy (non-hydrogen) atoms. The number of hydrogen-bond donors (Lipinski definition) is 1. The maximum Gasteiger partial charge on any atom is 0.0697 e. The third-order valence-corrected chi connectivity index (χ3v) is 3.86. The highest BCUT2D eigenvalue weighted by Gasteiger charge is 1.97. The number of unbranched alkanes of at least 4 members (excludes halogenated alkanes) is 6. The summed E-state index contributed by atoms with van der Waals surface area (Å²) >= 11 is 0. The summed E-state index contributed by atoms with van der Waals surface area (Å²) in [5.74, 6) is 0. The molecule has 0 spiro atoms. The molecule has 0 bridgehead atoms. The minimum absolute atomic E-state index is 0.109. The van der Waals surface area contributed by atoms with Crippen LogP contribution >= 0.6 is 0 Å². The molecule has 0 unspecified atom stereocenters. The minimum atomic E-state index is 0.109. The van der Waals surface area contributed by atoms with Crippen molar-refractivity contribution in [3.63, 3.8) is 0 Å². The van der Waals surface area contributed by atoms with E-state index in [9.17, 15) is 0 Å². The lowest BCUT2D eigenvalue weighted by Crippen LogP contribution is -2.03. The second-order valence-corrected chi connectivity index (χ2v) is 5.77. The van der Waals surface area contributed by atoms with Crippen molar-refractivity contribution in [3.8, 4) is 0 Å². The topological polar surface area (TPSA) is 29.5 Å². The van der Waals surface area contributed by atoms with Crippen LogP contribution in [0, 0.1) is 0 Å². The molecule has 2 nitrogen and oxygen atoms in total. The normalized spacial score (nSPS) is 11.0. The van der Waals surface area contributed by atoms with Gasteiger partial charge >= 0.3 is 0 Å². The van der Waals surface area contributed by atoms with Crippen LogP contribution in [0.4, 0.5) is 0 Å². The fourth-order valence-corrected chi connectivity index (χ4v) is 2.52. The molecule has 1 N–H and O–H groups in total. The van der Waals surface area contributed by atoms with E-state index in [2.05, 4.69) is 31.2 Å². The van der Waals surface area contributed by atoms with Crippen LogP contribution in [0.15, 0.2) is 24.3 Å². The zero-order valence-corrected chi connectivity index (χ0v) is 13.7. The molecule has 0 heterocycles. The van der Waals surface area contributed by atoms with Crippen LogP contribution in [0.5, 0.6) is 0 Å². The van der Waals surface area contributed by atoms with Gasteiger partial charge in [-0.1, -0.05) is 69.7 Å². The molecule has 1 aromatic rings. The number of benzene rings is 1. The van der Waals surface area contributed by atoms with Crippen molar-refractivity contribution in [3.05, 3.63) is 35.4 Å². The largest absolute Gasteiger partial charge is 0.394 e. The summed E-state index contributed by atoms with van der Waals surface area (Å²) in [5.41, 5.74) is 2.76. The molecule has 0 saturated heterocycles. The van der Waals surface area contributed by atoms with Gasteiger partial charge in [0.2, 0.25) is 0 Å². The Hall–Kier alpha value is -0.860. The fraction of sp³-hybridized carbons (Fsp3) is 0.684. The van der Waals surface area contributed by atoms with Crippen LogP contribution in [0.2, 0.25) is 0 Å². The fourth-order valence-electron chi connectivity index (χ4n) is 2.52. The van der Waals surface area contributed by atoms with Crippen molar-refractivity contribution in [1.82, 2.24) is 0 Å². The standard InChI is InChI=1S/C19H32O2/c1-2-3-4-5-6-7-8-9-18-10-12-19(13-11-18)14-16-21-17-15-20/h10-13,20H,2-9,14-17H2,1H3. The third-order valence-electron chi connectivity index (χ3n) is 3.86. The van der Waals surface area contributed by atoms with E-state index in [1.165, 1.54) is 62.5 Å². The molecule has 0 fully saturated rings. The highest BCUT2D eigenvalue weighted by Crippen LogP contribution is 2.12. The smallest absolute Gasteiger partial charge is 0.0697 e. The second-order valence-electron chi connectivity index (χ2n) is 5.77. The van der Waals surface area contributed by atoms with Gasteiger partial charge < -0.3 is 9.84 Å². The van der Waals surface area contributed by atoms with E-state index in [4.69, 9.17) is 9.84 Å². The number of aliphatic hydroxyl groups excluding tert-OH is 1. The third kappa shape index (κ3) is 9.65. The quantitative estimate of drug-likeness (QED) is 0.541. The lowest BCUT2D eigenvalue weighted by atomic mass is 10.0. The van der Waals surface area contributed by atoms with Gasteiger partial charge in [0.15, 0.2) is 0 Å². The van der Waals surface area contributed by atoms with Gasteiger partial charge in [0.05, 0.1) is 19.8 Å². The summed E-state index contributed by atoms with van der Waals surface area (Å²) in [4.78, 5) is 0. The number of aliphatic hydroxyl groups is 1. The number of aryl methyl sites for hydroxylation is 1. The van der Waals surface area contributed by atoms with Crippen LogP contribution in [0.1, 0.15) is 63.0 Å². The Balaban J connectivity index is 2.07. The van der Waals surface area contributed by atoms with E-state index in [-0.39, 0.29) is 6.61 Å². The van der Waals surface area contributed by atoms with Gasteiger partial charge in [-0.2, -0.15) is 0 Å². The van der Waals surface area contributed by atoms with Crippen molar-refractivity contribution < 1.29 is 9.84 Å². The molecule has 0 amide bonds. The molecule has 0 atom stereocenters. The zero-order valence-electron chi connectivity index (χ0n) is 13.7. The average Bonchev–Trinajstić information content (AvgIpc) is 2.52. The van der Waals surface area contributed by atoms with Crippen LogP contribution in [0.25, 0.3) is 0 Å². The molecule has 1 aromatic carbocycles. The zero-order chi connectivity index (χ0) is 15.2. The lowest BCUT2D eigenvalue weighted by molar-refractivity contribution is 0.0944. The first kappa shape index (κ1) is 18.2. The molecule has 0 aliphatic heterocycles. The Morgan fingerprint density at radius 3 is 1.95 bits per heavy atom. The van der Waals surface area contributed by atoms with Crippen LogP contribution in [0.3, 0.4) is 0 Å². The van der Waals surface area contributed by atoms with Gasteiger partial charge in [0.25, 0.3) is 0 Å². The van der Waals surface area contributed by atoms with Crippen LogP contribution in [-0.4, -0.2) is 24.9 Å². The summed E-state index contributed by atoms with van der Waals surface area (Å²) in [6.45, 7) is 3.51. The summed E-state index contributed by atoms with van der Waals surface area (Å²) in [6.07, 6.45) is 11.7. The predicted molar refractivity (Wildman–Crippen MR) is 89.7 cm³/mol. The molecule has 0 aromatic heterocycles. The van der Waals surface area contributed by atoms with E-state index in [0.717, 1.165) is 6.42 Å². The number of ether oxygens (including phenoxy) is 1. The first-order chi connectivity index (χ1) is 10.4. The predicted octanol–water partition coefficient (Wildman–Crippen LogP) is 4.53. The van der Waals surface area contributed by atoms with Crippen molar-refractivity contribution in [1.29, 1.82) is 0 Å². The second kappa shape index (κ2) is 12.8. The SMILES string of the molecule is CCCCCCCCCc1ccc(CCOCCO)cc1. The van der Waals surface area contributed by atoms with Crippen LogP contribution in [-0.2, 0) is 17.6 Å². The van der Waals surface area contributed by atoms with Crippen molar-refractivity contribution in [2.45, 2.75) is 64.7 Å². The van der Waals surface area contributed by atoms with Crippen molar-refractivity contribution in [2.24, 2.45) is 0 Å². The summed E-state index contributed by atoms with van der Waals surface area (Å²) in [5, 5.41) is 8.64. The molecule has 0 aliphatic rings. The van der Waals surface area contributed by atoms with Crippen LogP contribution < -0.4 is 0 Å². The van der Waals surface area contributed by atoms with E-state index < -0.39 is 0 Å². The molecule has 2 heteroatoms. The Kier molecular flexibility index (Phi) is 11.1. The highest BCUT2D eigenvalue weighted by molar-refractivity contribution is 5.22. The van der Waals surface area contributed by atoms with Gasteiger partial charge in [-0.3, -0.25) is 0 Å². The molecule has 0 saturated carbocycles. The molecule has 0 radical (unpaired) electrons. The summed E-state index contributed by atoms with van der Waals surface area (Å²) in [6, 6.07) is 8.91. The number of rotatable bonds is 13. The van der Waals surface area contributed by atoms with E-state index in [0.29, 0.717) is 13.2 Å². The Labute approximate surface area is 130 Å². The van der Waals surface area contributed by atoms with Crippen molar-refractivity contribution >= 4 is 0 Å². The van der Waals surface area contributed by atoms with E-state index in [1.54, 1.807) is 0 Å². The van der Waals surface area contributed by atoms with Gasteiger partial charge in [0, 0.05) is 0 Å². The molecule has 1 rings (SSSR count). The van der Waals surface area contributed by atoms with Gasteiger partial charge in [-0.25, -0.2) is 0 Å².